The Kier molecular flexibility index (Phi) is 5.00. The summed E-state index contributed by atoms with van der Waals surface area (Å²) in [6.07, 6.45) is 1.44. The highest BCUT2D eigenvalue weighted by molar-refractivity contribution is 6.30. The molecule has 3 aromatic rings. The number of rotatable bonds is 5. The fourth-order valence-electron chi connectivity index (χ4n) is 2.01. The predicted molar refractivity (Wildman–Crippen MR) is 89.5 cm³/mol. The average Bonchev–Trinajstić information content (AvgIpc) is 3.14. The van der Waals surface area contributed by atoms with E-state index in [-0.39, 0.29) is 0 Å². The largest absolute Gasteiger partial charge is 0.452 e. The Morgan fingerprint density at radius 2 is 1.96 bits per heavy atom. The molecule has 2 aromatic carbocycles. The van der Waals surface area contributed by atoms with Crippen LogP contribution in [0, 0.1) is 0 Å². The van der Waals surface area contributed by atoms with Crippen molar-refractivity contribution in [3.05, 3.63) is 65.4 Å². The van der Waals surface area contributed by atoms with Crippen molar-refractivity contribution in [2.45, 2.75) is 0 Å². The van der Waals surface area contributed by atoms with Gasteiger partial charge < -0.3 is 10.1 Å². The van der Waals surface area contributed by atoms with E-state index in [2.05, 4.69) is 20.8 Å². The van der Waals surface area contributed by atoms with Crippen LogP contribution in [0.4, 0.5) is 5.69 Å². The van der Waals surface area contributed by atoms with E-state index in [1.54, 1.807) is 48.5 Å². The summed E-state index contributed by atoms with van der Waals surface area (Å²) >= 11 is 5.83. The molecule has 0 fully saturated rings. The van der Waals surface area contributed by atoms with Gasteiger partial charge in [0.1, 0.15) is 6.33 Å². The van der Waals surface area contributed by atoms with E-state index in [9.17, 15) is 9.59 Å². The van der Waals surface area contributed by atoms with Crippen molar-refractivity contribution in [1.82, 2.24) is 20.2 Å². The Labute approximate surface area is 147 Å². The van der Waals surface area contributed by atoms with E-state index in [0.717, 1.165) is 0 Å². The Hall–Kier alpha value is -3.26. The molecular weight excluding hydrogens is 346 g/mol. The van der Waals surface area contributed by atoms with Crippen LogP contribution in [-0.2, 0) is 9.53 Å². The Morgan fingerprint density at radius 1 is 1.16 bits per heavy atom. The summed E-state index contributed by atoms with van der Waals surface area (Å²) in [5.41, 5.74) is 1.53. The number of tetrazole rings is 1. The first-order valence-electron chi connectivity index (χ1n) is 7.18. The summed E-state index contributed by atoms with van der Waals surface area (Å²) in [5, 5.41) is 13.9. The molecule has 0 atom stereocenters. The summed E-state index contributed by atoms with van der Waals surface area (Å²) in [7, 11) is 0. The number of benzene rings is 2. The van der Waals surface area contributed by atoms with Crippen LogP contribution in [0.3, 0.4) is 0 Å². The summed E-state index contributed by atoms with van der Waals surface area (Å²) in [5.74, 6) is -1.06. The number of nitrogens with one attached hydrogen (secondary N) is 1. The molecule has 0 aliphatic carbocycles. The zero-order chi connectivity index (χ0) is 17.6. The lowest BCUT2D eigenvalue weighted by molar-refractivity contribution is -0.119. The van der Waals surface area contributed by atoms with Gasteiger partial charge in [-0.2, -0.15) is 0 Å². The zero-order valence-electron chi connectivity index (χ0n) is 12.8. The summed E-state index contributed by atoms with van der Waals surface area (Å²) in [4.78, 5) is 23.8. The van der Waals surface area contributed by atoms with Gasteiger partial charge >= 0.3 is 5.97 Å². The maximum atomic E-state index is 12.0. The van der Waals surface area contributed by atoms with Gasteiger partial charge in [-0.1, -0.05) is 17.7 Å². The minimum absolute atomic E-state index is 0.312. The van der Waals surface area contributed by atoms with E-state index >= 15 is 0 Å². The number of halogens is 1. The Bertz CT molecular complexity index is 881. The first kappa shape index (κ1) is 16.6. The molecule has 0 saturated carbocycles. The van der Waals surface area contributed by atoms with E-state index < -0.39 is 18.5 Å². The van der Waals surface area contributed by atoms with Crippen molar-refractivity contribution in [3.8, 4) is 5.69 Å². The third-order valence-corrected chi connectivity index (χ3v) is 3.39. The van der Waals surface area contributed by atoms with Crippen LogP contribution >= 0.6 is 11.6 Å². The Balaban J connectivity index is 1.54. The molecule has 0 saturated heterocycles. The molecular formula is C16H12ClN5O3. The highest BCUT2D eigenvalue weighted by Gasteiger charge is 2.11. The van der Waals surface area contributed by atoms with E-state index in [1.807, 2.05) is 0 Å². The second-order valence-electron chi connectivity index (χ2n) is 4.94. The van der Waals surface area contributed by atoms with Crippen molar-refractivity contribution >= 4 is 29.2 Å². The standard InChI is InChI=1S/C16H12ClN5O3/c17-12-2-1-3-13(8-12)19-15(23)9-25-16(24)11-4-6-14(7-5-11)22-10-18-20-21-22/h1-8,10H,9H2,(H,19,23). The lowest BCUT2D eigenvalue weighted by atomic mass is 10.2. The number of esters is 1. The molecule has 1 aromatic heterocycles. The van der Waals surface area contributed by atoms with Crippen LogP contribution in [-0.4, -0.2) is 38.7 Å². The van der Waals surface area contributed by atoms with Gasteiger partial charge in [0.2, 0.25) is 0 Å². The highest BCUT2D eigenvalue weighted by atomic mass is 35.5. The number of amides is 1. The van der Waals surface area contributed by atoms with Crippen molar-refractivity contribution in [2.24, 2.45) is 0 Å². The molecule has 25 heavy (non-hydrogen) atoms. The number of carbonyl (C=O) groups is 2. The van der Waals surface area contributed by atoms with Gasteiger partial charge in [0.25, 0.3) is 5.91 Å². The van der Waals surface area contributed by atoms with Gasteiger partial charge in [-0.15, -0.1) is 5.10 Å². The first-order chi connectivity index (χ1) is 12.1. The predicted octanol–water partition coefficient (Wildman–Crippen LogP) is 2.11. The fraction of sp³-hybridized carbons (Fsp3) is 0.0625. The SMILES string of the molecule is O=C(COC(=O)c1ccc(-n2cnnn2)cc1)Nc1cccc(Cl)c1. The van der Waals surface area contributed by atoms with Crippen LogP contribution in [0.2, 0.25) is 5.02 Å². The van der Waals surface area contributed by atoms with Crippen molar-refractivity contribution in [2.75, 3.05) is 11.9 Å². The first-order valence-corrected chi connectivity index (χ1v) is 7.55. The lowest BCUT2D eigenvalue weighted by Crippen LogP contribution is -2.20. The average molecular weight is 358 g/mol. The van der Waals surface area contributed by atoms with Crippen LogP contribution in [0.5, 0.6) is 0 Å². The van der Waals surface area contributed by atoms with Crippen LogP contribution < -0.4 is 5.32 Å². The minimum atomic E-state index is -0.607. The van der Waals surface area contributed by atoms with Crippen LogP contribution in [0.25, 0.3) is 5.69 Å². The molecule has 0 radical (unpaired) electrons. The molecule has 3 rings (SSSR count). The van der Waals surface area contributed by atoms with Gasteiger partial charge in [0, 0.05) is 10.7 Å². The maximum absolute atomic E-state index is 12.0. The Morgan fingerprint density at radius 3 is 2.64 bits per heavy atom. The summed E-state index contributed by atoms with van der Waals surface area (Å²) < 4.78 is 6.44. The molecule has 0 aliphatic rings. The van der Waals surface area contributed by atoms with Crippen molar-refractivity contribution < 1.29 is 14.3 Å². The number of anilines is 1. The normalized spacial score (nSPS) is 10.3. The van der Waals surface area contributed by atoms with Crippen molar-refractivity contribution in [1.29, 1.82) is 0 Å². The second-order valence-corrected chi connectivity index (χ2v) is 5.37. The number of aromatic nitrogens is 4. The highest BCUT2D eigenvalue weighted by Crippen LogP contribution is 2.15. The summed E-state index contributed by atoms with van der Waals surface area (Å²) in [6, 6.07) is 13.1. The molecule has 1 N–H and O–H groups in total. The van der Waals surface area contributed by atoms with Crippen molar-refractivity contribution in [3.63, 3.8) is 0 Å². The van der Waals surface area contributed by atoms with Gasteiger partial charge in [0.05, 0.1) is 11.3 Å². The van der Waals surface area contributed by atoms with E-state index in [1.165, 1.54) is 11.0 Å². The molecule has 0 spiro atoms. The minimum Gasteiger partial charge on any atom is -0.452 e. The third-order valence-electron chi connectivity index (χ3n) is 3.16. The number of carbonyl (C=O) groups excluding carboxylic acids is 2. The van der Waals surface area contributed by atoms with E-state index in [0.29, 0.717) is 22.0 Å². The molecule has 126 valence electrons. The quantitative estimate of drug-likeness (QED) is 0.702. The monoisotopic (exact) mass is 357 g/mol. The van der Waals surface area contributed by atoms with Crippen LogP contribution in [0.1, 0.15) is 10.4 Å². The van der Waals surface area contributed by atoms with Gasteiger partial charge in [0.15, 0.2) is 6.61 Å². The number of nitrogens with zero attached hydrogens (tertiary/aromatic N) is 4. The summed E-state index contributed by atoms with van der Waals surface area (Å²) in [6.45, 7) is -0.403. The number of hydrogen-bond acceptors (Lipinski definition) is 6. The molecule has 0 unspecified atom stereocenters. The molecule has 1 heterocycles. The van der Waals surface area contributed by atoms with Gasteiger partial charge in [-0.25, -0.2) is 9.48 Å². The molecule has 0 bridgehead atoms. The third kappa shape index (κ3) is 4.39. The number of hydrogen-bond donors (Lipinski definition) is 1. The zero-order valence-corrected chi connectivity index (χ0v) is 13.6. The maximum Gasteiger partial charge on any atom is 0.338 e. The molecule has 0 aliphatic heterocycles. The topological polar surface area (TPSA) is 99.0 Å². The number of ether oxygens (including phenoxy) is 1. The molecule has 9 heteroatoms. The van der Waals surface area contributed by atoms with Gasteiger partial charge in [-0.05, 0) is 52.9 Å². The second kappa shape index (κ2) is 7.54. The smallest absolute Gasteiger partial charge is 0.338 e. The van der Waals surface area contributed by atoms with E-state index in [4.69, 9.17) is 16.3 Å². The molecule has 1 amide bonds. The van der Waals surface area contributed by atoms with Crippen LogP contribution in [0.15, 0.2) is 54.9 Å². The fourth-order valence-corrected chi connectivity index (χ4v) is 2.20. The van der Waals surface area contributed by atoms with Gasteiger partial charge in [-0.3, -0.25) is 4.79 Å². The lowest BCUT2D eigenvalue weighted by Gasteiger charge is -2.07. The molecule has 8 nitrogen and oxygen atoms in total.